The van der Waals surface area contributed by atoms with E-state index in [0.717, 1.165) is 38.8 Å². The molecule has 1 N–H and O–H groups in total. The number of hydrogen-bond donors (Lipinski definition) is 1. The molecule has 1 aliphatic heterocycles. The van der Waals surface area contributed by atoms with Gasteiger partial charge in [0.05, 0.1) is 11.8 Å². The topological polar surface area (TPSA) is 39.1 Å². The first-order valence-corrected chi connectivity index (χ1v) is 7.24. The van der Waals surface area contributed by atoms with Crippen LogP contribution in [0.4, 0.5) is 0 Å². The number of nitrogens with zero attached hydrogens (tertiary/aromatic N) is 2. The van der Waals surface area contributed by atoms with E-state index in [4.69, 9.17) is 4.74 Å². The Balaban J connectivity index is 1.87. The van der Waals surface area contributed by atoms with Gasteiger partial charge in [-0.1, -0.05) is 20.4 Å². The first-order chi connectivity index (χ1) is 9.21. The van der Waals surface area contributed by atoms with Crippen LogP contribution in [-0.2, 0) is 11.3 Å². The summed E-state index contributed by atoms with van der Waals surface area (Å²) >= 11 is 0. The second-order valence-electron chi connectivity index (χ2n) is 5.32. The molecule has 1 aliphatic rings. The summed E-state index contributed by atoms with van der Waals surface area (Å²) in [4.78, 5) is 0. The van der Waals surface area contributed by atoms with Gasteiger partial charge >= 0.3 is 0 Å². The summed E-state index contributed by atoms with van der Waals surface area (Å²) in [5, 5.41) is 7.82. The van der Waals surface area contributed by atoms with Crippen molar-refractivity contribution in [1.82, 2.24) is 15.1 Å². The Hall–Kier alpha value is -1.13. The van der Waals surface area contributed by atoms with Crippen molar-refractivity contribution >= 4 is 6.20 Å². The fourth-order valence-electron chi connectivity index (χ4n) is 2.78. The van der Waals surface area contributed by atoms with Crippen LogP contribution in [0.5, 0.6) is 0 Å². The summed E-state index contributed by atoms with van der Waals surface area (Å²) < 4.78 is 7.74. The van der Waals surface area contributed by atoms with Crippen LogP contribution in [0.25, 0.3) is 6.20 Å². The molecule has 1 atom stereocenters. The van der Waals surface area contributed by atoms with Crippen molar-refractivity contribution in [3.05, 3.63) is 24.5 Å². The molecule has 1 saturated heterocycles. The van der Waals surface area contributed by atoms with Gasteiger partial charge < -0.3 is 10.1 Å². The van der Waals surface area contributed by atoms with Gasteiger partial charge in [-0.3, -0.25) is 0 Å². The van der Waals surface area contributed by atoms with Crippen molar-refractivity contribution in [1.29, 1.82) is 0 Å². The van der Waals surface area contributed by atoms with E-state index in [-0.39, 0.29) is 5.60 Å². The van der Waals surface area contributed by atoms with E-state index in [0.29, 0.717) is 6.04 Å². The Morgan fingerprint density at radius 3 is 3.00 bits per heavy atom. The van der Waals surface area contributed by atoms with Crippen molar-refractivity contribution in [2.45, 2.75) is 57.7 Å². The van der Waals surface area contributed by atoms with E-state index in [2.05, 4.69) is 30.8 Å². The minimum atomic E-state index is 0.0845. The maximum absolute atomic E-state index is 6.00. The van der Waals surface area contributed by atoms with Crippen LogP contribution in [0.3, 0.4) is 0 Å². The number of nitrogens with one attached hydrogen (secondary N) is 1. The number of rotatable bonds is 6. The lowest BCUT2D eigenvalue weighted by Gasteiger charge is -2.40. The van der Waals surface area contributed by atoms with E-state index >= 15 is 0 Å². The lowest BCUT2D eigenvalue weighted by Crippen LogP contribution is -2.46. The van der Waals surface area contributed by atoms with E-state index in [1.165, 1.54) is 5.56 Å². The quantitative estimate of drug-likeness (QED) is 0.858. The Morgan fingerprint density at radius 1 is 1.58 bits per heavy atom. The summed E-state index contributed by atoms with van der Waals surface area (Å²) in [5.74, 6) is 0. The zero-order chi connectivity index (χ0) is 13.7. The lowest BCUT2D eigenvalue weighted by molar-refractivity contribution is -0.0932. The second kappa shape index (κ2) is 6.35. The van der Waals surface area contributed by atoms with Gasteiger partial charge in [-0.25, -0.2) is 4.68 Å². The van der Waals surface area contributed by atoms with Crippen molar-refractivity contribution < 1.29 is 4.74 Å². The molecule has 0 aromatic carbocycles. The number of ether oxygens (including phenoxy) is 1. The van der Waals surface area contributed by atoms with Gasteiger partial charge in [-0.05, 0) is 25.7 Å². The third-order valence-electron chi connectivity index (χ3n) is 4.22. The molecule has 0 amide bonds. The normalized spacial score (nSPS) is 22.3. The largest absolute Gasteiger partial charge is 0.375 e. The molecule has 0 saturated carbocycles. The molecule has 4 heteroatoms. The molecule has 0 bridgehead atoms. The summed E-state index contributed by atoms with van der Waals surface area (Å²) in [6.45, 7) is 9.87. The van der Waals surface area contributed by atoms with Crippen LogP contribution >= 0.6 is 0 Å². The van der Waals surface area contributed by atoms with Gasteiger partial charge in [-0.15, -0.1) is 0 Å². The van der Waals surface area contributed by atoms with Crippen molar-refractivity contribution in [3.8, 4) is 0 Å². The van der Waals surface area contributed by atoms with Gasteiger partial charge in [0.15, 0.2) is 0 Å². The predicted molar refractivity (Wildman–Crippen MR) is 77.7 cm³/mol. The molecule has 0 radical (unpaired) electrons. The summed E-state index contributed by atoms with van der Waals surface area (Å²) in [5.41, 5.74) is 1.28. The highest BCUT2D eigenvalue weighted by molar-refractivity contribution is 5.17. The highest BCUT2D eigenvalue weighted by Crippen LogP contribution is 2.31. The minimum absolute atomic E-state index is 0.0845. The Morgan fingerprint density at radius 2 is 2.37 bits per heavy atom. The van der Waals surface area contributed by atoms with Crippen LogP contribution in [0.2, 0.25) is 0 Å². The first-order valence-electron chi connectivity index (χ1n) is 7.24. The molecule has 0 spiro atoms. The zero-order valence-corrected chi connectivity index (χ0v) is 12.1. The summed E-state index contributed by atoms with van der Waals surface area (Å²) in [7, 11) is 0. The van der Waals surface area contributed by atoms with Crippen LogP contribution in [0.15, 0.2) is 19.0 Å². The van der Waals surface area contributed by atoms with Gasteiger partial charge in [0.2, 0.25) is 0 Å². The van der Waals surface area contributed by atoms with Gasteiger partial charge in [0.1, 0.15) is 0 Å². The van der Waals surface area contributed by atoms with Crippen molar-refractivity contribution in [2.75, 3.05) is 6.61 Å². The van der Waals surface area contributed by atoms with Gasteiger partial charge in [-0.2, -0.15) is 5.10 Å². The average Bonchev–Trinajstić information content (AvgIpc) is 2.93. The maximum Gasteiger partial charge on any atom is 0.0692 e. The highest BCUT2D eigenvalue weighted by atomic mass is 16.5. The number of hydrogen-bond acceptors (Lipinski definition) is 3. The van der Waals surface area contributed by atoms with Crippen LogP contribution < -0.4 is 5.32 Å². The zero-order valence-electron chi connectivity index (χ0n) is 12.1. The minimum Gasteiger partial charge on any atom is -0.375 e. The van der Waals surface area contributed by atoms with Crippen molar-refractivity contribution in [3.63, 3.8) is 0 Å². The smallest absolute Gasteiger partial charge is 0.0692 e. The summed E-state index contributed by atoms with van der Waals surface area (Å²) in [6.07, 6.45) is 9.99. The Labute approximate surface area is 115 Å². The molecule has 1 unspecified atom stereocenters. The first kappa shape index (κ1) is 14.3. The molecule has 1 fully saturated rings. The van der Waals surface area contributed by atoms with E-state index < -0.39 is 0 Å². The average molecular weight is 263 g/mol. The van der Waals surface area contributed by atoms with E-state index in [1.807, 2.05) is 12.4 Å². The van der Waals surface area contributed by atoms with Crippen LogP contribution in [-0.4, -0.2) is 28.0 Å². The molecule has 4 nitrogen and oxygen atoms in total. The standard InChI is InChI=1S/C15H25N3O/c1-4-15(5-2)9-14(7-8-19-15)16-10-13-11-17-18(6-3)12-13/h6,11-12,14,16H,3-5,7-10H2,1-2H3. The molecule has 1 aromatic heterocycles. The molecule has 2 heterocycles. The molecule has 0 aliphatic carbocycles. The molecular weight excluding hydrogens is 238 g/mol. The SMILES string of the molecule is C=Cn1cc(CNC2CCOC(CC)(CC)C2)cn1. The fourth-order valence-corrected chi connectivity index (χ4v) is 2.78. The molecule has 1 aromatic rings. The van der Waals surface area contributed by atoms with Crippen molar-refractivity contribution in [2.24, 2.45) is 0 Å². The van der Waals surface area contributed by atoms with Crippen LogP contribution in [0.1, 0.15) is 45.1 Å². The fraction of sp³-hybridized carbons (Fsp3) is 0.667. The lowest BCUT2D eigenvalue weighted by atomic mass is 9.86. The third-order valence-corrected chi connectivity index (χ3v) is 4.22. The highest BCUT2D eigenvalue weighted by Gasteiger charge is 2.34. The predicted octanol–water partition coefficient (Wildman–Crippen LogP) is 2.81. The second-order valence-corrected chi connectivity index (χ2v) is 5.32. The van der Waals surface area contributed by atoms with E-state index in [9.17, 15) is 0 Å². The third kappa shape index (κ3) is 3.45. The van der Waals surface area contributed by atoms with Crippen LogP contribution in [0, 0.1) is 0 Å². The Kier molecular flexibility index (Phi) is 4.77. The Bertz CT molecular complexity index is 409. The number of aromatic nitrogens is 2. The maximum atomic E-state index is 6.00. The van der Waals surface area contributed by atoms with Gasteiger partial charge in [0.25, 0.3) is 0 Å². The molecular formula is C15H25N3O. The summed E-state index contributed by atoms with van der Waals surface area (Å²) in [6, 6.07) is 0.542. The van der Waals surface area contributed by atoms with E-state index in [1.54, 1.807) is 10.9 Å². The molecule has 2 rings (SSSR count). The van der Waals surface area contributed by atoms with Gasteiger partial charge in [0, 0.05) is 37.2 Å². The molecule has 19 heavy (non-hydrogen) atoms. The molecule has 106 valence electrons. The monoisotopic (exact) mass is 263 g/mol.